The van der Waals surface area contributed by atoms with E-state index in [1.165, 1.54) is 5.56 Å². The van der Waals surface area contributed by atoms with Crippen LogP contribution in [0.15, 0.2) is 30.3 Å². The topological polar surface area (TPSA) is 15.7 Å². The van der Waals surface area contributed by atoms with Crippen LogP contribution in [0.1, 0.15) is 18.4 Å². The third-order valence-corrected chi connectivity index (χ3v) is 4.72. The van der Waals surface area contributed by atoms with Gasteiger partial charge in [0.1, 0.15) is 0 Å². The molecule has 3 nitrogen and oxygen atoms in total. The second kappa shape index (κ2) is 6.25. The minimum Gasteiger partial charge on any atom is -0.381 e. The van der Waals surface area contributed by atoms with Crippen molar-refractivity contribution in [2.24, 2.45) is 0 Å². The third-order valence-electron chi connectivity index (χ3n) is 4.72. The maximum absolute atomic E-state index is 5.48. The summed E-state index contributed by atoms with van der Waals surface area (Å²) in [5.74, 6) is 0. The Hall–Kier alpha value is -0.900. The highest BCUT2D eigenvalue weighted by molar-refractivity contribution is 5.14. The van der Waals surface area contributed by atoms with E-state index in [9.17, 15) is 0 Å². The van der Waals surface area contributed by atoms with Crippen LogP contribution in [0.3, 0.4) is 0 Å². The quantitative estimate of drug-likeness (QED) is 0.839. The van der Waals surface area contributed by atoms with Crippen molar-refractivity contribution in [1.82, 2.24) is 9.80 Å². The second-order valence-electron chi connectivity index (χ2n) is 6.09. The number of nitrogens with zero attached hydrogens (tertiary/aromatic N) is 2. The summed E-state index contributed by atoms with van der Waals surface area (Å²) in [4.78, 5) is 5.13. The number of rotatable bonds is 3. The van der Waals surface area contributed by atoms with E-state index in [1.807, 2.05) is 0 Å². The van der Waals surface area contributed by atoms with E-state index in [4.69, 9.17) is 4.74 Å². The molecule has 0 aliphatic carbocycles. The summed E-state index contributed by atoms with van der Waals surface area (Å²) >= 11 is 0. The molecule has 1 aromatic rings. The number of hydrogen-bond donors (Lipinski definition) is 0. The Bertz CT molecular complexity index is 406. The van der Waals surface area contributed by atoms with Crippen molar-refractivity contribution in [3.8, 4) is 0 Å². The largest absolute Gasteiger partial charge is 0.381 e. The van der Waals surface area contributed by atoms with E-state index in [0.29, 0.717) is 0 Å². The van der Waals surface area contributed by atoms with Gasteiger partial charge in [-0.3, -0.25) is 9.80 Å². The first kappa shape index (κ1) is 14.1. The molecule has 0 spiro atoms. The van der Waals surface area contributed by atoms with Crippen molar-refractivity contribution < 1.29 is 4.74 Å². The lowest BCUT2D eigenvalue weighted by Crippen LogP contribution is -2.57. The lowest BCUT2D eigenvalue weighted by atomic mass is 9.89. The van der Waals surface area contributed by atoms with Crippen LogP contribution in [0.25, 0.3) is 0 Å². The van der Waals surface area contributed by atoms with E-state index in [-0.39, 0.29) is 5.54 Å². The van der Waals surface area contributed by atoms with Gasteiger partial charge in [0.25, 0.3) is 0 Å². The Balaban J connectivity index is 1.52. The Labute approximate surface area is 122 Å². The summed E-state index contributed by atoms with van der Waals surface area (Å²) in [7, 11) is 0. The van der Waals surface area contributed by atoms with Crippen molar-refractivity contribution in [3.05, 3.63) is 42.8 Å². The third kappa shape index (κ3) is 3.22. The van der Waals surface area contributed by atoms with Crippen molar-refractivity contribution >= 4 is 0 Å². The molecule has 1 radical (unpaired) electrons. The summed E-state index contributed by atoms with van der Waals surface area (Å²) in [6, 6.07) is 10.8. The van der Waals surface area contributed by atoms with Crippen LogP contribution in [0.4, 0.5) is 0 Å². The Kier molecular flexibility index (Phi) is 4.39. The second-order valence-corrected chi connectivity index (χ2v) is 6.09. The molecule has 0 bridgehead atoms. The van der Waals surface area contributed by atoms with Gasteiger partial charge >= 0.3 is 0 Å². The van der Waals surface area contributed by atoms with E-state index < -0.39 is 0 Å². The fraction of sp³-hybridized carbons (Fsp3) is 0.588. The molecule has 1 aromatic carbocycles. The lowest BCUT2D eigenvalue weighted by molar-refractivity contribution is -0.0253. The molecule has 0 saturated carbocycles. The Morgan fingerprint density at radius 2 is 1.65 bits per heavy atom. The van der Waals surface area contributed by atoms with Gasteiger partial charge in [-0.05, 0) is 25.3 Å². The van der Waals surface area contributed by atoms with Crippen molar-refractivity contribution in [1.29, 1.82) is 0 Å². The summed E-state index contributed by atoms with van der Waals surface area (Å²) < 4.78 is 5.48. The first-order valence-corrected chi connectivity index (χ1v) is 7.71. The molecular weight excluding hydrogens is 248 g/mol. The standard InChI is InChI=1S/C17H25N2O/c1-17(7-13-20-14-8-17)19-11-9-18(10-12-19)15-16-5-3-2-4-6-16/h2-6H,1,7-15H2. The van der Waals surface area contributed by atoms with E-state index in [1.54, 1.807) is 0 Å². The zero-order valence-corrected chi connectivity index (χ0v) is 12.3. The van der Waals surface area contributed by atoms with Crippen LogP contribution < -0.4 is 0 Å². The maximum atomic E-state index is 5.48. The zero-order chi connectivity index (χ0) is 13.8. The summed E-state index contributed by atoms with van der Waals surface area (Å²) in [6.07, 6.45) is 2.15. The van der Waals surface area contributed by atoms with Crippen LogP contribution in [0.2, 0.25) is 0 Å². The first-order valence-electron chi connectivity index (χ1n) is 7.71. The van der Waals surface area contributed by atoms with Gasteiger partial charge < -0.3 is 4.74 Å². The Morgan fingerprint density at radius 1 is 1.00 bits per heavy atom. The van der Waals surface area contributed by atoms with Gasteiger partial charge in [0, 0.05) is 51.5 Å². The van der Waals surface area contributed by atoms with Gasteiger partial charge in [-0.15, -0.1) is 0 Å². The zero-order valence-electron chi connectivity index (χ0n) is 12.3. The summed E-state index contributed by atoms with van der Waals surface area (Å²) in [5.41, 5.74) is 1.54. The molecule has 3 rings (SSSR count). The molecule has 0 unspecified atom stereocenters. The van der Waals surface area contributed by atoms with Gasteiger partial charge in [-0.1, -0.05) is 30.3 Å². The molecule has 2 aliphatic rings. The average Bonchev–Trinajstić information content (AvgIpc) is 2.50. The van der Waals surface area contributed by atoms with E-state index >= 15 is 0 Å². The molecule has 3 heteroatoms. The first-order chi connectivity index (χ1) is 9.76. The molecule has 0 amide bonds. The molecule has 2 saturated heterocycles. The van der Waals surface area contributed by atoms with Crippen LogP contribution in [-0.2, 0) is 11.3 Å². The highest BCUT2D eigenvalue weighted by Crippen LogP contribution is 2.28. The average molecular weight is 273 g/mol. The Morgan fingerprint density at radius 3 is 2.30 bits per heavy atom. The molecule has 0 aromatic heterocycles. The van der Waals surface area contributed by atoms with Crippen LogP contribution in [0, 0.1) is 6.92 Å². The van der Waals surface area contributed by atoms with Crippen LogP contribution in [0.5, 0.6) is 0 Å². The van der Waals surface area contributed by atoms with E-state index in [0.717, 1.165) is 58.8 Å². The van der Waals surface area contributed by atoms with Gasteiger partial charge in [-0.2, -0.15) is 0 Å². The van der Waals surface area contributed by atoms with Crippen molar-refractivity contribution in [3.63, 3.8) is 0 Å². The van der Waals surface area contributed by atoms with Gasteiger partial charge in [0.2, 0.25) is 0 Å². The number of benzene rings is 1. The van der Waals surface area contributed by atoms with Gasteiger partial charge in [0.15, 0.2) is 0 Å². The lowest BCUT2D eigenvalue weighted by Gasteiger charge is -2.47. The van der Waals surface area contributed by atoms with Crippen molar-refractivity contribution in [2.75, 3.05) is 39.4 Å². The molecular formula is C17H25N2O. The molecule has 2 fully saturated rings. The summed E-state index contributed by atoms with van der Waals surface area (Å²) in [6.45, 7) is 11.9. The molecule has 0 atom stereocenters. The number of hydrogen-bond acceptors (Lipinski definition) is 3. The van der Waals surface area contributed by atoms with Gasteiger partial charge in [0.05, 0.1) is 0 Å². The summed E-state index contributed by atoms with van der Waals surface area (Å²) in [5, 5.41) is 0. The highest BCUT2D eigenvalue weighted by Gasteiger charge is 2.35. The predicted octanol–water partition coefficient (Wildman–Crippen LogP) is 2.19. The highest BCUT2D eigenvalue weighted by atomic mass is 16.5. The molecule has 2 aliphatic heterocycles. The SMILES string of the molecule is [CH2]C1(N2CCN(Cc3ccccc3)CC2)CCOCC1. The van der Waals surface area contributed by atoms with Crippen molar-refractivity contribution in [2.45, 2.75) is 24.9 Å². The smallest absolute Gasteiger partial charge is 0.0483 e. The molecule has 109 valence electrons. The molecule has 20 heavy (non-hydrogen) atoms. The minimum absolute atomic E-state index is 0.122. The van der Waals surface area contributed by atoms with Gasteiger partial charge in [-0.25, -0.2) is 0 Å². The minimum atomic E-state index is 0.122. The molecule has 2 heterocycles. The molecule has 0 N–H and O–H groups in total. The normalized spacial score (nSPS) is 24.6. The maximum Gasteiger partial charge on any atom is 0.0483 e. The number of ether oxygens (including phenoxy) is 1. The van der Waals surface area contributed by atoms with Crippen LogP contribution in [-0.4, -0.2) is 54.7 Å². The fourth-order valence-corrected chi connectivity index (χ4v) is 3.29. The fourth-order valence-electron chi connectivity index (χ4n) is 3.29. The van der Waals surface area contributed by atoms with Crippen LogP contribution >= 0.6 is 0 Å². The van der Waals surface area contributed by atoms with E-state index in [2.05, 4.69) is 47.1 Å². The monoisotopic (exact) mass is 273 g/mol. The predicted molar refractivity (Wildman–Crippen MR) is 81.4 cm³/mol. The number of piperazine rings is 1.